The summed E-state index contributed by atoms with van der Waals surface area (Å²) in [5, 5.41) is 2.69. The number of nitrogens with one attached hydrogen (secondary N) is 1. The Morgan fingerprint density at radius 3 is 2.43 bits per heavy atom. The highest BCUT2D eigenvalue weighted by atomic mass is 32.2. The van der Waals surface area contributed by atoms with Crippen molar-refractivity contribution in [3.63, 3.8) is 0 Å². The molecule has 0 aliphatic heterocycles. The number of nitrogens with zero attached hydrogens (tertiary/aromatic N) is 3. The van der Waals surface area contributed by atoms with Gasteiger partial charge in [-0.05, 0) is 23.8 Å². The van der Waals surface area contributed by atoms with Crippen LogP contribution >= 0.6 is 0 Å². The zero-order chi connectivity index (χ0) is 16.7. The first-order valence-corrected chi connectivity index (χ1v) is 8.84. The number of carbonyl (C=O) groups excluding carboxylic acids is 1. The molecular formula is C15H18N4O3S. The van der Waals surface area contributed by atoms with Crippen molar-refractivity contribution in [1.82, 2.24) is 19.6 Å². The van der Waals surface area contributed by atoms with Gasteiger partial charge < -0.3 is 5.32 Å². The number of aromatic nitrogens is 2. The Kier molecular flexibility index (Phi) is 5.78. The molecule has 0 saturated carbocycles. The molecule has 2 aromatic heterocycles. The lowest BCUT2D eigenvalue weighted by Crippen LogP contribution is -2.37. The minimum absolute atomic E-state index is 0.180. The van der Waals surface area contributed by atoms with Crippen LogP contribution in [0, 0.1) is 0 Å². The number of sulfonamides is 1. The topological polar surface area (TPSA) is 92.3 Å². The molecule has 0 radical (unpaired) electrons. The molecule has 8 heteroatoms. The summed E-state index contributed by atoms with van der Waals surface area (Å²) in [5.74, 6) is -0.284. The van der Waals surface area contributed by atoms with Crippen LogP contribution in [0.5, 0.6) is 0 Å². The van der Waals surface area contributed by atoms with E-state index in [9.17, 15) is 13.2 Å². The Morgan fingerprint density at radius 2 is 1.87 bits per heavy atom. The molecule has 2 rings (SSSR count). The largest absolute Gasteiger partial charge is 0.351 e. The molecule has 0 atom stereocenters. The van der Waals surface area contributed by atoms with Gasteiger partial charge in [-0.25, -0.2) is 8.42 Å². The third-order valence-electron chi connectivity index (χ3n) is 3.12. The first-order valence-electron chi connectivity index (χ1n) is 6.99. The lowest BCUT2D eigenvalue weighted by atomic mass is 10.2. The average Bonchev–Trinajstić information content (AvgIpc) is 2.54. The Bertz CT molecular complexity index is 736. The highest BCUT2D eigenvalue weighted by Crippen LogP contribution is 2.06. The van der Waals surface area contributed by atoms with Crippen molar-refractivity contribution in [3.05, 3.63) is 60.2 Å². The molecule has 0 spiro atoms. The summed E-state index contributed by atoms with van der Waals surface area (Å²) in [7, 11) is -3.38. The fourth-order valence-electron chi connectivity index (χ4n) is 1.95. The normalized spacial score (nSPS) is 11.4. The highest BCUT2D eigenvalue weighted by Gasteiger charge is 2.17. The van der Waals surface area contributed by atoms with E-state index in [1.165, 1.54) is 10.5 Å². The molecule has 0 unspecified atom stereocenters. The Balaban J connectivity index is 1.93. The van der Waals surface area contributed by atoms with Crippen molar-refractivity contribution >= 4 is 15.9 Å². The Labute approximate surface area is 135 Å². The minimum Gasteiger partial charge on any atom is -0.351 e. The van der Waals surface area contributed by atoms with Gasteiger partial charge in [-0.3, -0.25) is 14.8 Å². The number of hydrogen-bond acceptors (Lipinski definition) is 5. The molecule has 1 N–H and O–H groups in total. The van der Waals surface area contributed by atoms with E-state index in [2.05, 4.69) is 15.3 Å². The monoisotopic (exact) mass is 334 g/mol. The zero-order valence-electron chi connectivity index (χ0n) is 12.7. The van der Waals surface area contributed by atoms with E-state index in [0.717, 1.165) is 11.8 Å². The Hall–Kier alpha value is -2.32. The Morgan fingerprint density at radius 1 is 1.17 bits per heavy atom. The maximum Gasteiger partial charge on any atom is 0.252 e. The number of pyridine rings is 2. The molecule has 7 nitrogen and oxygen atoms in total. The van der Waals surface area contributed by atoms with Crippen LogP contribution in [0.15, 0.2) is 49.1 Å². The molecule has 1 amide bonds. The van der Waals surface area contributed by atoms with Gasteiger partial charge in [0.1, 0.15) is 0 Å². The maximum atomic E-state index is 11.9. The molecule has 23 heavy (non-hydrogen) atoms. The quantitative estimate of drug-likeness (QED) is 0.803. The average molecular weight is 334 g/mol. The summed E-state index contributed by atoms with van der Waals surface area (Å²) in [4.78, 5) is 19.7. The fourth-order valence-corrected chi connectivity index (χ4v) is 2.76. The number of hydrogen-bond donors (Lipinski definition) is 1. The third-order valence-corrected chi connectivity index (χ3v) is 4.37. The lowest BCUT2D eigenvalue weighted by Gasteiger charge is -2.20. The molecule has 2 heterocycles. The molecule has 0 saturated heterocycles. The van der Waals surface area contributed by atoms with E-state index in [1.807, 2.05) is 0 Å². The van der Waals surface area contributed by atoms with Crippen LogP contribution in [-0.4, -0.2) is 47.9 Å². The van der Waals surface area contributed by atoms with Crippen molar-refractivity contribution in [2.45, 2.75) is 6.54 Å². The van der Waals surface area contributed by atoms with E-state index in [4.69, 9.17) is 0 Å². The summed E-state index contributed by atoms with van der Waals surface area (Å²) in [6.07, 6.45) is 7.43. The van der Waals surface area contributed by atoms with Crippen LogP contribution in [-0.2, 0) is 16.6 Å². The SMILES string of the molecule is CS(=O)(=O)N(CCNC(=O)c1cccnc1)Cc1cccnc1. The van der Waals surface area contributed by atoms with Gasteiger partial charge in [0.05, 0.1) is 11.8 Å². The fraction of sp³-hybridized carbons (Fsp3) is 0.267. The van der Waals surface area contributed by atoms with Crippen molar-refractivity contribution in [1.29, 1.82) is 0 Å². The van der Waals surface area contributed by atoms with Crippen LogP contribution in [0.2, 0.25) is 0 Å². The van der Waals surface area contributed by atoms with Gasteiger partial charge in [0.15, 0.2) is 0 Å². The van der Waals surface area contributed by atoms with Gasteiger partial charge in [-0.1, -0.05) is 6.07 Å². The molecule has 2 aromatic rings. The molecule has 0 fully saturated rings. The van der Waals surface area contributed by atoms with Crippen LogP contribution in [0.4, 0.5) is 0 Å². The number of amides is 1. The summed E-state index contributed by atoms with van der Waals surface area (Å²) in [6.45, 7) is 0.607. The van der Waals surface area contributed by atoms with Crippen molar-refractivity contribution in [2.24, 2.45) is 0 Å². The van der Waals surface area contributed by atoms with Crippen molar-refractivity contribution in [3.8, 4) is 0 Å². The van der Waals surface area contributed by atoms with Gasteiger partial charge in [-0.2, -0.15) is 4.31 Å². The van der Waals surface area contributed by atoms with E-state index in [0.29, 0.717) is 5.56 Å². The predicted octanol–water partition coefficient (Wildman–Crippen LogP) is 0.668. The molecule has 0 aliphatic carbocycles. The predicted molar refractivity (Wildman–Crippen MR) is 86.1 cm³/mol. The zero-order valence-corrected chi connectivity index (χ0v) is 13.5. The van der Waals surface area contributed by atoms with Gasteiger partial charge >= 0.3 is 0 Å². The van der Waals surface area contributed by atoms with E-state index in [1.54, 1.807) is 42.9 Å². The second-order valence-corrected chi connectivity index (χ2v) is 6.94. The molecular weight excluding hydrogens is 316 g/mol. The molecule has 0 bridgehead atoms. The van der Waals surface area contributed by atoms with Crippen LogP contribution in [0.3, 0.4) is 0 Å². The van der Waals surface area contributed by atoms with Gasteiger partial charge in [-0.15, -0.1) is 0 Å². The van der Waals surface area contributed by atoms with Gasteiger partial charge in [0.25, 0.3) is 5.91 Å². The highest BCUT2D eigenvalue weighted by molar-refractivity contribution is 7.88. The summed E-state index contributed by atoms with van der Waals surface area (Å²) in [5.41, 5.74) is 1.22. The van der Waals surface area contributed by atoms with E-state index < -0.39 is 10.0 Å². The van der Waals surface area contributed by atoms with Crippen molar-refractivity contribution in [2.75, 3.05) is 19.3 Å². The van der Waals surface area contributed by atoms with Crippen LogP contribution < -0.4 is 5.32 Å². The van der Waals surface area contributed by atoms with E-state index >= 15 is 0 Å². The first kappa shape index (κ1) is 17.0. The van der Waals surface area contributed by atoms with Crippen molar-refractivity contribution < 1.29 is 13.2 Å². The number of rotatable bonds is 7. The third kappa shape index (κ3) is 5.42. The van der Waals surface area contributed by atoms with E-state index in [-0.39, 0.29) is 25.5 Å². The summed E-state index contributed by atoms with van der Waals surface area (Å²) in [6, 6.07) is 6.87. The van der Waals surface area contributed by atoms with Gasteiger partial charge in [0, 0.05) is 44.4 Å². The molecule has 0 aliphatic rings. The smallest absolute Gasteiger partial charge is 0.252 e. The standard InChI is InChI=1S/C15H18N4O3S/c1-23(21,22)19(12-13-4-2-6-16-10-13)9-8-18-15(20)14-5-3-7-17-11-14/h2-7,10-11H,8-9,12H2,1H3,(H,18,20). The second kappa shape index (κ2) is 7.80. The van der Waals surface area contributed by atoms with Crippen LogP contribution in [0.25, 0.3) is 0 Å². The summed E-state index contributed by atoms with van der Waals surface area (Å²) < 4.78 is 25.0. The lowest BCUT2D eigenvalue weighted by molar-refractivity contribution is 0.0951. The summed E-state index contributed by atoms with van der Waals surface area (Å²) >= 11 is 0. The van der Waals surface area contributed by atoms with Gasteiger partial charge in [0.2, 0.25) is 10.0 Å². The maximum absolute atomic E-state index is 11.9. The molecule has 122 valence electrons. The minimum atomic E-state index is -3.38. The number of carbonyl (C=O) groups is 1. The molecule has 0 aromatic carbocycles. The first-order chi connectivity index (χ1) is 11.0. The second-order valence-electron chi connectivity index (χ2n) is 4.96. The van der Waals surface area contributed by atoms with Crippen LogP contribution in [0.1, 0.15) is 15.9 Å².